The second kappa shape index (κ2) is 9.45. The number of primary amides is 1. The largest absolute Gasteiger partial charge is 0.508 e. The van der Waals surface area contributed by atoms with Gasteiger partial charge in [0.15, 0.2) is 5.70 Å². The van der Waals surface area contributed by atoms with Crippen molar-refractivity contribution in [2.75, 3.05) is 11.4 Å². The van der Waals surface area contributed by atoms with Gasteiger partial charge in [0.25, 0.3) is 5.91 Å². The van der Waals surface area contributed by atoms with Gasteiger partial charge in [-0.15, -0.1) is 12.4 Å². The van der Waals surface area contributed by atoms with Gasteiger partial charge in [0.2, 0.25) is 5.96 Å². The molecule has 1 heterocycles. The number of nitrogens with one attached hydrogen (secondary N) is 1. The first-order chi connectivity index (χ1) is 12.3. The molecule has 0 fully saturated rings. The molecule has 0 spiro atoms. The molecule has 1 amide bonds. The standard InChI is InChI=1S/C16H22ClN7O2.ClH/c1-2-3-8-23(9-4-6-10(25)7-5-9)16(21)24-13(18)11(15(20)26)22-12(17)14(24)19;/h4-7,14,21,25H,2-3,8,18-19H2,1H3,(H2,20,26);1H. The molecular formula is C16H23Cl2N7O2. The van der Waals surface area contributed by atoms with E-state index in [1.54, 1.807) is 17.0 Å². The first-order valence-corrected chi connectivity index (χ1v) is 8.39. The quantitative estimate of drug-likeness (QED) is 0.358. The van der Waals surface area contributed by atoms with E-state index in [0.717, 1.165) is 12.8 Å². The van der Waals surface area contributed by atoms with Crippen molar-refractivity contribution in [3.8, 4) is 5.75 Å². The van der Waals surface area contributed by atoms with E-state index >= 15 is 0 Å². The van der Waals surface area contributed by atoms with Crippen LogP contribution in [-0.2, 0) is 4.79 Å². The average molecular weight is 416 g/mol. The molecular weight excluding hydrogens is 393 g/mol. The molecule has 0 bridgehead atoms. The zero-order valence-electron chi connectivity index (χ0n) is 14.7. The molecule has 2 rings (SSSR count). The third-order valence-corrected chi connectivity index (χ3v) is 4.16. The minimum Gasteiger partial charge on any atom is -0.508 e. The number of carbonyl (C=O) groups excluding carboxylic acids is 1. The predicted octanol–water partition coefficient (Wildman–Crippen LogP) is 1.21. The maximum Gasteiger partial charge on any atom is 0.271 e. The Morgan fingerprint density at radius 3 is 2.52 bits per heavy atom. The van der Waals surface area contributed by atoms with Crippen LogP contribution in [0.4, 0.5) is 5.69 Å². The van der Waals surface area contributed by atoms with Crippen LogP contribution >= 0.6 is 24.0 Å². The summed E-state index contributed by atoms with van der Waals surface area (Å²) in [6.45, 7) is 2.52. The number of amides is 1. The molecule has 0 saturated heterocycles. The number of phenols is 1. The van der Waals surface area contributed by atoms with Crippen LogP contribution in [0.3, 0.4) is 0 Å². The van der Waals surface area contributed by atoms with E-state index in [1.165, 1.54) is 17.0 Å². The number of rotatable bonds is 5. The average Bonchev–Trinajstić information content (AvgIpc) is 2.59. The van der Waals surface area contributed by atoms with Crippen molar-refractivity contribution in [2.24, 2.45) is 22.2 Å². The van der Waals surface area contributed by atoms with E-state index < -0.39 is 12.1 Å². The summed E-state index contributed by atoms with van der Waals surface area (Å²) in [6, 6.07) is 6.36. The third kappa shape index (κ3) is 4.82. The lowest BCUT2D eigenvalue weighted by molar-refractivity contribution is -0.114. The number of guanidine groups is 1. The molecule has 1 aromatic carbocycles. The second-order valence-electron chi connectivity index (χ2n) is 5.69. The molecule has 1 unspecified atom stereocenters. The van der Waals surface area contributed by atoms with Crippen LogP contribution in [0.25, 0.3) is 0 Å². The second-order valence-corrected chi connectivity index (χ2v) is 6.08. The highest BCUT2D eigenvalue weighted by atomic mass is 35.5. The molecule has 11 heteroatoms. The van der Waals surface area contributed by atoms with Gasteiger partial charge in [0.05, 0.1) is 0 Å². The number of unbranched alkanes of at least 4 members (excludes halogenated alkanes) is 1. The van der Waals surface area contributed by atoms with E-state index in [4.69, 9.17) is 34.2 Å². The lowest BCUT2D eigenvalue weighted by Crippen LogP contribution is -2.57. The van der Waals surface area contributed by atoms with Gasteiger partial charge in [-0.3, -0.25) is 15.1 Å². The zero-order chi connectivity index (χ0) is 19.4. The molecule has 0 aliphatic carbocycles. The van der Waals surface area contributed by atoms with Crippen molar-refractivity contribution >= 4 is 46.7 Å². The van der Waals surface area contributed by atoms with Crippen molar-refractivity contribution < 1.29 is 9.90 Å². The number of halogens is 2. The smallest absolute Gasteiger partial charge is 0.271 e. The Morgan fingerprint density at radius 2 is 2.00 bits per heavy atom. The minimum absolute atomic E-state index is 0. The summed E-state index contributed by atoms with van der Waals surface area (Å²) in [4.78, 5) is 18.3. The maximum absolute atomic E-state index is 11.6. The molecule has 1 aromatic rings. The van der Waals surface area contributed by atoms with Crippen LogP contribution < -0.4 is 22.1 Å². The molecule has 0 radical (unpaired) electrons. The summed E-state index contributed by atoms with van der Waals surface area (Å²) >= 11 is 6.02. The van der Waals surface area contributed by atoms with E-state index in [-0.39, 0.29) is 40.8 Å². The van der Waals surface area contributed by atoms with E-state index in [0.29, 0.717) is 12.2 Å². The van der Waals surface area contributed by atoms with E-state index in [9.17, 15) is 9.90 Å². The highest BCUT2D eigenvalue weighted by Gasteiger charge is 2.34. The summed E-state index contributed by atoms with van der Waals surface area (Å²) in [6.07, 6.45) is 0.669. The number of aromatic hydroxyl groups is 1. The Labute approximate surface area is 168 Å². The van der Waals surface area contributed by atoms with Crippen molar-refractivity contribution in [1.82, 2.24) is 4.90 Å². The minimum atomic E-state index is -1.02. The van der Waals surface area contributed by atoms with E-state index in [1.807, 2.05) is 6.92 Å². The van der Waals surface area contributed by atoms with Gasteiger partial charge in [-0.2, -0.15) is 0 Å². The number of nitrogens with two attached hydrogens (primary N) is 3. The van der Waals surface area contributed by atoms with Crippen molar-refractivity contribution in [3.63, 3.8) is 0 Å². The zero-order valence-corrected chi connectivity index (χ0v) is 16.3. The molecule has 0 aromatic heterocycles. The molecule has 0 saturated carbocycles. The van der Waals surface area contributed by atoms with Gasteiger partial charge in [0.1, 0.15) is 22.9 Å². The van der Waals surface area contributed by atoms with Gasteiger partial charge < -0.3 is 27.2 Å². The Morgan fingerprint density at radius 1 is 1.41 bits per heavy atom. The summed E-state index contributed by atoms with van der Waals surface area (Å²) in [5.74, 6) is -0.980. The first-order valence-electron chi connectivity index (χ1n) is 8.01. The number of benzene rings is 1. The lowest BCUT2D eigenvalue weighted by Gasteiger charge is -2.38. The number of nitrogens with zero attached hydrogens (tertiary/aromatic N) is 3. The van der Waals surface area contributed by atoms with Crippen molar-refractivity contribution in [3.05, 3.63) is 35.8 Å². The number of hydrogen-bond acceptors (Lipinski definition) is 6. The summed E-state index contributed by atoms with van der Waals surface area (Å²) in [7, 11) is 0. The summed E-state index contributed by atoms with van der Waals surface area (Å²) in [5, 5.41) is 18.0. The van der Waals surface area contributed by atoms with Gasteiger partial charge in [-0.05, 0) is 30.7 Å². The Kier molecular flexibility index (Phi) is 7.89. The molecule has 1 atom stereocenters. The maximum atomic E-state index is 11.6. The normalized spacial score (nSPS) is 16.5. The Hall–Kier alpha value is -2.49. The third-order valence-electron chi connectivity index (χ3n) is 3.86. The summed E-state index contributed by atoms with van der Waals surface area (Å²) < 4.78 is 0. The Balaban J connectivity index is 0.00000364. The Bertz CT molecular complexity index is 765. The number of carbonyl (C=O) groups is 1. The number of phenolic OH excluding ortho intramolecular Hbond substituents is 1. The highest BCUT2D eigenvalue weighted by Crippen LogP contribution is 2.24. The fourth-order valence-corrected chi connectivity index (χ4v) is 2.65. The summed E-state index contributed by atoms with van der Waals surface area (Å²) in [5.41, 5.74) is 17.7. The molecule has 148 valence electrons. The van der Waals surface area contributed by atoms with Gasteiger partial charge in [-0.25, -0.2) is 4.99 Å². The van der Waals surface area contributed by atoms with Gasteiger partial charge in [0, 0.05) is 12.2 Å². The first kappa shape index (κ1) is 22.6. The van der Waals surface area contributed by atoms with Crippen molar-refractivity contribution in [2.45, 2.75) is 25.9 Å². The van der Waals surface area contributed by atoms with Gasteiger partial charge in [-0.1, -0.05) is 24.9 Å². The molecule has 27 heavy (non-hydrogen) atoms. The van der Waals surface area contributed by atoms with Crippen LogP contribution in [0.2, 0.25) is 0 Å². The number of hydrogen-bond donors (Lipinski definition) is 5. The van der Waals surface area contributed by atoms with Gasteiger partial charge >= 0.3 is 0 Å². The fraction of sp³-hybridized carbons (Fsp3) is 0.312. The van der Waals surface area contributed by atoms with Crippen molar-refractivity contribution in [1.29, 1.82) is 5.41 Å². The fourth-order valence-electron chi connectivity index (χ4n) is 2.46. The predicted molar refractivity (Wildman–Crippen MR) is 109 cm³/mol. The molecule has 1 aliphatic heterocycles. The van der Waals surface area contributed by atoms with Crippen LogP contribution in [0.1, 0.15) is 19.8 Å². The number of aliphatic imine (C=N–C) groups is 1. The molecule has 8 N–H and O–H groups in total. The van der Waals surface area contributed by atoms with E-state index in [2.05, 4.69) is 4.99 Å². The molecule has 9 nitrogen and oxygen atoms in total. The molecule has 1 aliphatic rings. The van der Waals surface area contributed by atoms with Crippen LogP contribution in [0.15, 0.2) is 40.8 Å². The highest BCUT2D eigenvalue weighted by molar-refractivity contribution is 6.67. The van der Waals surface area contributed by atoms with Crippen LogP contribution in [-0.4, -0.2) is 39.8 Å². The van der Waals surface area contributed by atoms with Crippen LogP contribution in [0, 0.1) is 5.41 Å². The topological polar surface area (TPSA) is 158 Å². The van der Waals surface area contributed by atoms with Crippen LogP contribution in [0.5, 0.6) is 5.75 Å². The lowest BCUT2D eigenvalue weighted by atomic mass is 10.2. The number of anilines is 1. The monoisotopic (exact) mass is 415 g/mol. The SMILES string of the molecule is CCCCN(C(=N)N1C(N)=C(C(N)=O)N=C(Cl)C1N)c1ccc(O)cc1.Cl.